The minimum absolute atomic E-state index is 0.0816. The van der Waals surface area contributed by atoms with Gasteiger partial charge >= 0.3 is 0 Å². The number of nitrogens with zero attached hydrogens (tertiary/aromatic N) is 3. The molecule has 21 heavy (non-hydrogen) atoms. The minimum atomic E-state index is -0.164. The Kier molecular flexibility index (Phi) is 4.75. The number of amides is 1. The predicted molar refractivity (Wildman–Crippen MR) is 79.4 cm³/mol. The van der Waals surface area contributed by atoms with Crippen molar-refractivity contribution in [3.63, 3.8) is 0 Å². The first kappa shape index (κ1) is 14.8. The molecule has 1 amide bonds. The summed E-state index contributed by atoms with van der Waals surface area (Å²) in [6.07, 6.45) is 1.60. The molecule has 108 valence electrons. The zero-order chi connectivity index (χ0) is 15.2. The van der Waals surface area contributed by atoms with E-state index >= 15 is 0 Å². The largest absolute Gasteiger partial charge is 0.384 e. The fourth-order valence-electron chi connectivity index (χ4n) is 2.01. The van der Waals surface area contributed by atoms with Crippen LogP contribution in [0.2, 0.25) is 0 Å². The van der Waals surface area contributed by atoms with Gasteiger partial charge in [0.25, 0.3) is 5.91 Å². The Morgan fingerprint density at radius 3 is 2.90 bits per heavy atom. The molecule has 0 unspecified atom stereocenters. The number of aliphatic hydroxyl groups excluding tert-OH is 1. The van der Waals surface area contributed by atoms with Crippen molar-refractivity contribution in [1.29, 1.82) is 0 Å². The standard InChI is InChI=1S/C16H17N3O2/c1-18(16(21)15-8-9-17-19(15)2)12-14-6-3-5-13(11-14)7-4-10-20/h3,5-6,8-9,11,20H,10,12H2,1-2H3. The molecule has 0 bridgehead atoms. The summed E-state index contributed by atoms with van der Waals surface area (Å²) in [7, 11) is 3.49. The average Bonchev–Trinajstić information content (AvgIpc) is 2.90. The van der Waals surface area contributed by atoms with Crippen molar-refractivity contribution in [2.45, 2.75) is 6.54 Å². The molecular weight excluding hydrogens is 266 g/mol. The third kappa shape index (κ3) is 3.71. The lowest BCUT2D eigenvalue weighted by molar-refractivity contribution is 0.0774. The maximum absolute atomic E-state index is 12.3. The van der Waals surface area contributed by atoms with Gasteiger partial charge in [-0.25, -0.2) is 0 Å². The zero-order valence-electron chi connectivity index (χ0n) is 12.1. The third-order valence-corrected chi connectivity index (χ3v) is 3.05. The predicted octanol–water partition coefficient (Wildman–Crippen LogP) is 1.04. The van der Waals surface area contributed by atoms with Crippen LogP contribution in [0.5, 0.6) is 0 Å². The van der Waals surface area contributed by atoms with Crippen molar-refractivity contribution in [2.24, 2.45) is 7.05 Å². The van der Waals surface area contributed by atoms with Crippen molar-refractivity contribution >= 4 is 5.91 Å². The summed E-state index contributed by atoms with van der Waals surface area (Å²) in [6.45, 7) is 0.321. The van der Waals surface area contributed by atoms with Gasteiger partial charge in [0.15, 0.2) is 0 Å². The highest BCUT2D eigenvalue weighted by molar-refractivity contribution is 5.92. The van der Waals surface area contributed by atoms with Crippen molar-refractivity contribution in [3.05, 3.63) is 53.3 Å². The van der Waals surface area contributed by atoms with Gasteiger partial charge < -0.3 is 10.0 Å². The SMILES string of the molecule is CN(Cc1cccc(C#CCO)c1)C(=O)c1ccnn1C. The van der Waals surface area contributed by atoms with E-state index < -0.39 is 0 Å². The van der Waals surface area contributed by atoms with Crippen molar-refractivity contribution < 1.29 is 9.90 Å². The normalized spacial score (nSPS) is 9.86. The topological polar surface area (TPSA) is 58.4 Å². The fourth-order valence-corrected chi connectivity index (χ4v) is 2.01. The second-order valence-electron chi connectivity index (χ2n) is 4.66. The van der Waals surface area contributed by atoms with Crippen LogP contribution in [-0.2, 0) is 13.6 Å². The van der Waals surface area contributed by atoms with Gasteiger partial charge in [0, 0.05) is 32.4 Å². The first-order valence-electron chi connectivity index (χ1n) is 6.54. The van der Waals surface area contributed by atoms with E-state index in [1.165, 1.54) is 0 Å². The quantitative estimate of drug-likeness (QED) is 0.856. The van der Waals surface area contributed by atoms with Crippen LogP contribution < -0.4 is 0 Å². The maximum Gasteiger partial charge on any atom is 0.272 e. The van der Waals surface area contributed by atoms with Crippen LogP contribution in [0.25, 0.3) is 0 Å². The van der Waals surface area contributed by atoms with E-state index in [9.17, 15) is 4.79 Å². The lowest BCUT2D eigenvalue weighted by atomic mass is 10.1. The third-order valence-electron chi connectivity index (χ3n) is 3.05. The molecule has 1 heterocycles. The van der Waals surface area contributed by atoms with Crippen LogP contribution >= 0.6 is 0 Å². The van der Waals surface area contributed by atoms with E-state index in [2.05, 4.69) is 16.9 Å². The van der Waals surface area contributed by atoms with E-state index in [4.69, 9.17) is 5.11 Å². The average molecular weight is 283 g/mol. The summed E-state index contributed by atoms with van der Waals surface area (Å²) in [5.41, 5.74) is 2.36. The van der Waals surface area contributed by atoms with Gasteiger partial charge in [0.05, 0.1) is 0 Å². The van der Waals surface area contributed by atoms with Crippen LogP contribution in [0.15, 0.2) is 36.5 Å². The highest BCUT2D eigenvalue weighted by atomic mass is 16.2. The Morgan fingerprint density at radius 1 is 1.43 bits per heavy atom. The van der Waals surface area contributed by atoms with Crippen molar-refractivity contribution in [2.75, 3.05) is 13.7 Å². The zero-order valence-corrected chi connectivity index (χ0v) is 12.1. The molecule has 5 nitrogen and oxygen atoms in total. The highest BCUT2D eigenvalue weighted by Gasteiger charge is 2.15. The minimum Gasteiger partial charge on any atom is -0.384 e. The molecule has 1 aromatic heterocycles. The van der Waals surface area contributed by atoms with Crippen LogP contribution in [0, 0.1) is 11.8 Å². The Balaban J connectivity index is 2.11. The molecule has 2 aromatic rings. The molecule has 0 radical (unpaired) electrons. The molecule has 0 atom stereocenters. The van der Waals surface area contributed by atoms with Crippen LogP contribution in [0.1, 0.15) is 21.6 Å². The monoisotopic (exact) mass is 283 g/mol. The maximum atomic E-state index is 12.3. The lowest BCUT2D eigenvalue weighted by Gasteiger charge is -2.17. The summed E-state index contributed by atoms with van der Waals surface area (Å²) < 4.78 is 1.56. The van der Waals surface area contributed by atoms with Crippen molar-refractivity contribution in [1.82, 2.24) is 14.7 Å². The Hall–Kier alpha value is -2.58. The van der Waals surface area contributed by atoms with E-state index in [-0.39, 0.29) is 12.5 Å². The number of aliphatic hydroxyl groups is 1. The molecule has 1 N–H and O–H groups in total. The molecule has 2 rings (SSSR count). The number of carbonyl (C=O) groups excluding carboxylic acids is 1. The van der Waals surface area contributed by atoms with Crippen LogP contribution in [0.3, 0.4) is 0 Å². The van der Waals surface area contributed by atoms with Gasteiger partial charge in [-0.05, 0) is 23.8 Å². The smallest absolute Gasteiger partial charge is 0.272 e. The highest BCUT2D eigenvalue weighted by Crippen LogP contribution is 2.09. The number of rotatable bonds is 3. The summed E-state index contributed by atoms with van der Waals surface area (Å²) in [6, 6.07) is 9.31. The molecule has 0 aliphatic carbocycles. The first-order valence-corrected chi connectivity index (χ1v) is 6.54. The number of aryl methyl sites for hydroxylation is 1. The molecule has 0 fully saturated rings. The number of benzene rings is 1. The van der Waals surface area contributed by atoms with Gasteiger partial charge in [-0.3, -0.25) is 9.48 Å². The summed E-state index contributed by atoms with van der Waals surface area (Å²) in [4.78, 5) is 13.9. The second-order valence-corrected chi connectivity index (χ2v) is 4.66. The summed E-state index contributed by atoms with van der Waals surface area (Å²) >= 11 is 0. The van der Waals surface area contributed by atoms with Crippen LogP contribution in [0.4, 0.5) is 0 Å². The molecule has 5 heteroatoms. The molecule has 0 aliphatic rings. The van der Waals surface area contributed by atoms with E-state index in [1.807, 2.05) is 24.3 Å². The molecular formula is C16H17N3O2. The molecule has 0 saturated carbocycles. The fraction of sp³-hybridized carbons (Fsp3) is 0.250. The number of hydrogen-bond acceptors (Lipinski definition) is 3. The lowest BCUT2D eigenvalue weighted by Crippen LogP contribution is -2.28. The van der Waals surface area contributed by atoms with Gasteiger partial charge in [0.1, 0.15) is 12.3 Å². The summed E-state index contributed by atoms with van der Waals surface area (Å²) in [5, 5.41) is 12.7. The number of aromatic nitrogens is 2. The van der Waals surface area contributed by atoms with E-state index in [1.54, 1.807) is 35.9 Å². The number of carbonyl (C=O) groups is 1. The first-order chi connectivity index (χ1) is 10.1. The van der Waals surface area contributed by atoms with Crippen molar-refractivity contribution in [3.8, 4) is 11.8 Å². The van der Waals surface area contributed by atoms with Gasteiger partial charge in [0.2, 0.25) is 0 Å². The molecule has 0 aliphatic heterocycles. The summed E-state index contributed by atoms with van der Waals surface area (Å²) in [5.74, 6) is 5.39. The second kappa shape index (κ2) is 6.73. The van der Waals surface area contributed by atoms with E-state index in [0.29, 0.717) is 12.2 Å². The molecule has 1 aromatic carbocycles. The Labute approximate surface area is 123 Å². The van der Waals surface area contributed by atoms with E-state index in [0.717, 1.165) is 11.1 Å². The Morgan fingerprint density at radius 2 is 2.24 bits per heavy atom. The van der Waals surface area contributed by atoms with Gasteiger partial charge in [-0.15, -0.1) is 0 Å². The molecule has 0 saturated heterocycles. The Bertz CT molecular complexity index is 695. The van der Waals surface area contributed by atoms with Gasteiger partial charge in [-0.1, -0.05) is 24.0 Å². The van der Waals surface area contributed by atoms with Gasteiger partial charge in [-0.2, -0.15) is 5.10 Å². The van der Waals surface area contributed by atoms with Crippen LogP contribution in [-0.4, -0.2) is 39.3 Å². The number of hydrogen-bond donors (Lipinski definition) is 1. The molecule has 0 spiro atoms.